The molecule has 2 N–H and O–H groups in total. The van der Waals surface area contributed by atoms with Gasteiger partial charge in [-0.15, -0.1) is 0 Å². The van der Waals surface area contributed by atoms with Crippen molar-refractivity contribution in [3.63, 3.8) is 0 Å². The third-order valence-electron chi connectivity index (χ3n) is 8.00. The highest BCUT2D eigenvalue weighted by Crippen LogP contribution is 2.39. The van der Waals surface area contributed by atoms with Crippen LogP contribution in [0.3, 0.4) is 0 Å². The molecule has 0 aromatic rings. The summed E-state index contributed by atoms with van der Waals surface area (Å²) in [7, 11) is 0. The SMILES string of the molecule is CCCON1C(C)(C)CC(NCCCCCCNC2CC(C)(C)N(OCCC)C(C)(C)C2)CC1(C)C. The number of nitrogens with zero attached hydrogens (tertiary/aromatic N) is 2. The highest BCUT2D eigenvalue weighted by Gasteiger charge is 2.47. The lowest BCUT2D eigenvalue weighted by atomic mass is 9.79. The summed E-state index contributed by atoms with van der Waals surface area (Å²) < 4.78 is 0. The maximum absolute atomic E-state index is 6.17. The fraction of sp³-hybridized carbons (Fsp3) is 1.00. The van der Waals surface area contributed by atoms with Gasteiger partial charge >= 0.3 is 0 Å². The van der Waals surface area contributed by atoms with E-state index < -0.39 is 0 Å². The number of unbranched alkanes of at least 4 members (excludes halogenated alkanes) is 3. The van der Waals surface area contributed by atoms with E-state index in [2.05, 4.69) is 90.0 Å². The minimum absolute atomic E-state index is 0.0572. The molecule has 0 radical (unpaired) electrons. The van der Waals surface area contributed by atoms with Crippen LogP contribution in [0, 0.1) is 0 Å². The molecule has 2 aliphatic heterocycles. The fourth-order valence-electron chi connectivity index (χ4n) is 7.10. The first-order chi connectivity index (χ1) is 16.7. The standard InChI is InChI=1S/C30H62N4O2/c1-11-19-35-33-27(3,4)21-25(22-28(33,5)6)31-17-15-13-14-16-18-32-26-23-29(7,8)34(36-20-12-2)30(9,10)24-26/h25-26,31-32H,11-24H2,1-10H3. The van der Waals surface area contributed by atoms with Gasteiger partial charge in [-0.2, -0.15) is 10.1 Å². The molecule has 0 atom stereocenters. The Labute approximate surface area is 224 Å². The predicted molar refractivity (Wildman–Crippen MR) is 153 cm³/mol. The molecule has 0 unspecified atom stereocenters. The van der Waals surface area contributed by atoms with Gasteiger partial charge in [-0.3, -0.25) is 9.68 Å². The van der Waals surface area contributed by atoms with Gasteiger partial charge < -0.3 is 10.6 Å². The largest absolute Gasteiger partial charge is 0.314 e. The molecule has 0 aromatic carbocycles. The minimum Gasteiger partial charge on any atom is -0.314 e. The van der Waals surface area contributed by atoms with E-state index >= 15 is 0 Å². The van der Waals surface area contributed by atoms with Crippen LogP contribution in [0.2, 0.25) is 0 Å². The molecule has 214 valence electrons. The lowest BCUT2D eigenvalue weighted by Gasteiger charge is -2.54. The van der Waals surface area contributed by atoms with Crippen molar-refractivity contribution in [2.45, 2.75) is 168 Å². The first-order valence-corrected chi connectivity index (χ1v) is 15.1. The lowest BCUT2D eigenvalue weighted by Crippen LogP contribution is -2.63. The van der Waals surface area contributed by atoms with E-state index in [1.165, 1.54) is 25.7 Å². The molecule has 0 spiro atoms. The number of hydroxylamine groups is 4. The van der Waals surface area contributed by atoms with Gasteiger partial charge in [-0.25, -0.2) is 0 Å². The highest BCUT2D eigenvalue weighted by molar-refractivity contribution is 5.00. The van der Waals surface area contributed by atoms with Crippen LogP contribution >= 0.6 is 0 Å². The predicted octanol–water partition coefficient (Wildman–Crippen LogP) is 6.45. The van der Waals surface area contributed by atoms with Gasteiger partial charge in [0.1, 0.15) is 0 Å². The first kappa shape index (κ1) is 32.0. The number of rotatable bonds is 15. The topological polar surface area (TPSA) is 49.0 Å². The molecule has 6 heteroatoms. The summed E-state index contributed by atoms with van der Waals surface area (Å²) >= 11 is 0. The van der Waals surface area contributed by atoms with Crippen molar-refractivity contribution in [3.8, 4) is 0 Å². The van der Waals surface area contributed by atoms with Crippen LogP contribution in [0.5, 0.6) is 0 Å². The Bertz CT molecular complexity index is 544. The molecule has 0 aromatic heterocycles. The van der Waals surface area contributed by atoms with Crippen molar-refractivity contribution in [3.05, 3.63) is 0 Å². The van der Waals surface area contributed by atoms with Crippen LogP contribution in [-0.2, 0) is 9.68 Å². The molecule has 0 aliphatic carbocycles. The highest BCUT2D eigenvalue weighted by atomic mass is 16.7. The van der Waals surface area contributed by atoms with Crippen molar-refractivity contribution in [2.24, 2.45) is 0 Å². The quantitative estimate of drug-likeness (QED) is 0.247. The first-order valence-electron chi connectivity index (χ1n) is 15.1. The second-order valence-corrected chi connectivity index (χ2v) is 14.0. The molecule has 0 saturated carbocycles. The molecular weight excluding hydrogens is 448 g/mol. The summed E-state index contributed by atoms with van der Waals surface area (Å²) in [4.78, 5) is 12.3. The second-order valence-electron chi connectivity index (χ2n) is 14.0. The molecule has 2 fully saturated rings. The normalized spacial score (nSPS) is 24.8. The average Bonchev–Trinajstić information content (AvgIpc) is 2.72. The van der Waals surface area contributed by atoms with Gasteiger partial charge in [-0.05, 0) is 120 Å². The van der Waals surface area contributed by atoms with E-state index in [-0.39, 0.29) is 22.2 Å². The van der Waals surface area contributed by atoms with E-state index in [1.807, 2.05) is 0 Å². The van der Waals surface area contributed by atoms with Crippen LogP contribution in [0.1, 0.15) is 133 Å². The molecule has 2 rings (SSSR count). The molecule has 0 bridgehead atoms. The number of hydrogen-bond acceptors (Lipinski definition) is 6. The van der Waals surface area contributed by atoms with Crippen LogP contribution in [0.25, 0.3) is 0 Å². The molecule has 36 heavy (non-hydrogen) atoms. The zero-order chi connectivity index (χ0) is 27.0. The third kappa shape index (κ3) is 9.20. The number of nitrogens with one attached hydrogen (secondary N) is 2. The van der Waals surface area contributed by atoms with Gasteiger partial charge in [0.25, 0.3) is 0 Å². The average molecular weight is 511 g/mol. The summed E-state index contributed by atoms with van der Waals surface area (Å²) in [5.74, 6) is 0. The Morgan fingerprint density at radius 3 is 1.14 bits per heavy atom. The Kier molecular flexibility index (Phi) is 12.2. The van der Waals surface area contributed by atoms with E-state index in [9.17, 15) is 0 Å². The summed E-state index contributed by atoms with van der Waals surface area (Å²) in [5, 5.41) is 12.3. The molecule has 2 aliphatic rings. The monoisotopic (exact) mass is 510 g/mol. The maximum Gasteiger partial charge on any atom is 0.0683 e. The summed E-state index contributed by atoms with van der Waals surface area (Å²) in [6, 6.07) is 1.13. The molecule has 2 saturated heterocycles. The van der Waals surface area contributed by atoms with Gasteiger partial charge in [0.05, 0.1) is 13.2 Å². The van der Waals surface area contributed by atoms with Crippen LogP contribution in [-0.4, -0.2) is 70.7 Å². The van der Waals surface area contributed by atoms with Gasteiger partial charge in [0.15, 0.2) is 0 Å². The van der Waals surface area contributed by atoms with Crippen molar-refractivity contribution >= 4 is 0 Å². The smallest absolute Gasteiger partial charge is 0.0683 e. The third-order valence-corrected chi connectivity index (χ3v) is 8.00. The fourth-order valence-corrected chi connectivity index (χ4v) is 7.10. The Morgan fingerprint density at radius 1 is 0.556 bits per heavy atom. The van der Waals surface area contributed by atoms with E-state index in [0.29, 0.717) is 12.1 Å². The molecular formula is C30H62N4O2. The molecule has 0 amide bonds. The van der Waals surface area contributed by atoms with Gasteiger partial charge in [0.2, 0.25) is 0 Å². The molecule has 6 nitrogen and oxygen atoms in total. The molecule has 2 heterocycles. The van der Waals surface area contributed by atoms with Crippen LogP contribution in [0.4, 0.5) is 0 Å². The number of hydrogen-bond donors (Lipinski definition) is 2. The summed E-state index contributed by atoms with van der Waals surface area (Å²) in [6.07, 6.45) is 11.8. The van der Waals surface area contributed by atoms with Gasteiger partial charge in [0, 0.05) is 34.2 Å². The summed E-state index contributed by atoms with van der Waals surface area (Å²) in [5.41, 5.74) is 0.229. The Hall–Kier alpha value is -0.240. The number of piperidine rings is 2. The lowest BCUT2D eigenvalue weighted by molar-refractivity contribution is -0.284. The van der Waals surface area contributed by atoms with Crippen molar-refractivity contribution < 1.29 is 9.68 Å². The second kappa shape index (κ2) is 13.7. The minimum atomic E-state index is 0.0572. The zero-order valence-electron chi connectivity index (χ0n) is 25.8. The van der Waals surface area contributed by atoms with Gasteiger partial charge in [-0.1, -0.05) is 26.7 Å². The Balaban J connectivity index is 1.63. The van der Waals surface area contributed by atoms with Crippen LogP contribution < -0.4 is 10.6 Å². The van der Waals surface area contributed by atoms with Crippen molar-refractivity contribution in [1.82, 2.24) is 20.8 Å². The maximum atomic E-state index is 6.17. The van der Waals surface area contributed by atoms with Crippen molar-refractivity contribution in [1.29, 1.82) is 0 Å². The summed E-state index contributed by atoms with van der Waals surface area (Å²) in [6.45, 7) is 26.9. The zero-order valence-corrected chi connectivity index (χ0v) is 25.8. The van der Waals surface area contributed by atoms with Crippen molar-refractivity contribution in [2.75, 3.05) is 26.3 Å². The van der Waals surface area contributed by atoms with Crippen LogP contribution in [0.15, 0.2) is 0 Å². The van der Waals surface area contributed by atoms with E-state index in [0.717, 1.165) is 64.8 Å². The Morgan fingerprint density at radius 2 is 0.861 bits per heavy atom. The van der Waals surface area contributed by atoms with E-state index in [1.54, 1.807) is 0 Å². The van der Waals surface area contributed by atoms with E-state index in [4.69, 9.17) is 9.68 Å².